The van der Waals surface area contributed by atoms with Gasteiger partial charge in [0.15, 0.2) is 11.5 Å². The molecule has 0 saturated carbocycles. The number of alkyl halides is 1. The normalized spacial score (nSPS) is 19.4. The molecule has 0 radical (unpaired) electrons. The van der Waals surface area contributed by atoms with Crippen LogP contribution in [0.25, 0.3) is 27.5 Å². The van der Waals surface area contributed by atoms with Crippen molar-refractivity contribution in [2.45, 2.75) is 19.1 Å². The lowest BCUT2D eigenvalue weighted by Gasteiger charge is -2.16. The Morgan fingerprint density at radius 2 is 1.90 bits per heavy atom. The molecule has 1 aliphatic heterocycles. The molecule has 29 heavy (non-hydrogen) atoms. The van der Waals surface area contributed by atoms with E-state index in [1.807, 2.05) is 0 Å². The van der Waals surface area contributed by atoms with Gasteiger partial charge in [-0.05, 0) is 42.1 Å². The van der Waals surface area contributed by atoms with Gasteiger partial charge in [0.1, 0.15) is 12.0 Å². The quantitative estimate of drug-likeness (QED) is 0.563. The Balaban J connectivity index is 1.67. The van der Waals surface area contributed by atoms with Crippen molar-refractivity contribution in [2.24, 2.45) is 0 Å². The smallest absolute Gasteiger partial charge is 0.261 e. The lowest BCUT2D eigenvalue weighted by atomic mass is 10.0. The molecule has 2 unspecified atom stereocenters. The Hall–Kier alpha value is -3.13. The van der Waals surface area contributed by atoms with Gasteiger partial charge in [-0.25, -0.2) is 18.2 Å². The molecule has 0 aliphatic carbocycles. The van der Waals surface area contributed by atoms with Gasteiger partial charge >= 0.3 is 0 Å². The highest BCUT2D eigenvalue weighted by Gasteiger charge is 2.29. The van der Waals surface area contributed by atoms with Gasteiger partial charge in [0, 0.05) is 37.2 Å². The highest BCUT2D eigenvalue weighted by Crippen LogP contribution is 2.28. The van der Waals surface area contributed by atoms with Crippen molar-refractivity contribution < 1.29 is 13.2 Å². The fourth-order valence-corrected chi connectivity index (χ4v) is 4.01. The molecule has 148 valence electrons. The summed E-state index contributed by atoms with van der Waals surface area (Å²) in [7, 11) is 0. The number of halogens is 3. The Labute approximate surface area is 163 Å². The molecule has 5 nitrogen and oxygen atoms in total. The molecule has 1 saturated heterocycles. The van der Waals surface area contributed by atoms with Gasteiger partial charge in [-0.2, -0.15) is 0 Å². The summed E-state index contributed by atoms with van der Waals surface area (Å²) >= 11 is 0. The highest BCUT2D eigenvalue weighted by molar-refractivity contribution is 5.87. The number of aryl methyl sites for hydroxylation is 1. The third-order valence-corrected chi connectivity index (χ3v) is 5.41. The van der Waals surface area contributed by atoms with Gasteiger partial charge in [-0.1, -0.05) is 0 Å². The van der Waals surface area contributed by atoms with Crippen LogP contribution in [0, 0.1) is 18.6 Å². The van der Waals surface area contributed by atoms with E-state index in [4.69, 9.17) is 0 Å². The standard InChI is InChI=1S/C21H17F3N4O/c1-11-9-27-10-14(6-16(23)20(27)26-11)13-4-12-2-3-28(18-8-25-7-17(18)24)21(29)19(12)15(22)5-13/h2-6,9-10,17-18,25H,7-8H2,1H3. The summed E-state index contributed by atoms with van der Waals surface area (Å²) in [6.07, 6.45) is 3.63. The number of imidazole rings is 1. The van der Waals surface area contributed by atoms with E-state index in [1.54, 1.807) is 35.9 Å². The van der Waals surface area contributed by atoms with Gasteiger partial charge in [0.25, 0.3) is 5.56 Å². The van der Waals surface area contributed by atoms with E-state index >= 15 is 0 Å². The summed E-state index contributed by atoms with van der Waals surface area (Å²) in [5.41, 5.74) is 1.18. The molecule has 1 aromatic carbocycles. The summed E-state index contributed by atoms with van der Waals surface area (Å²) in [5, 5.41) is 3.17. The lowest BCUT2D eigenvalue weighted by molar-refractivity contribution is 0.280. The molecule has 1 aliphatic rings. The molecule has 5 rings (SSSR count). The van der Waals surface area contributed by atoms with Crippen LogP contribution in [0.15, 0.2) is 47.7 Å². The van der Waals surface area contributed by atoms with Crippen LogP contribution in [0.3, 0.4) is 0 Å². The first-order valence-corrected chi connectivity index (χ1v) is 9.27. The number of pyridine rings is 2. The number of hydrogen-bond donors (Lipinski definition) is 1. The third kappa shape index (κ3) is 2.82. The zero-order valence-corrected chi connectivity index (χ0v) is 15.5. The van der Waals surface area contributed by atoms with Gasteiger partial charge in [-0.3, -0.25) is 4.79 Å². The van der Waals surface area contributed by atoms with Gasteiger partial charge in [-0.15, -0.1) is 0 Å². The monoisotopic (exact) mass is 398 g/mol. The van der Waals surface area contributed by atoms with Crippen molar-refractivity contribution in [2.75, 3.05) is 13.1 Å². The van der Waals surface area contributed by atoms with E-state index in [1.165, 1.54) is 22.9 Å². The lowest BCUT2D eigenvalue weighted by Crippen LogP contribution is -2.30. The Morgan fingerprint density at radius 3 is 2.66 bits per heavy atom. The maximum atomic E-state index is 14.9. The van der Waals surface area contributed by atoms with Crippen LogP contribution in [-0.2, 0) is 0 Å². The van der Waals surface area contributed by atoms with Crippen molar-refractivity contribution in [3.8, 4) is 11.1 Å². The molecular weight excluding hydrogens is 381 g/mol. The number of nitrogens with zero attached hydrogens (tertiary/aromatic N) is 3. The second-order valence-corrected chi connectivity index (χ2v) is 7.38. The van der Waals surface area contributed by atoms with Gasteiger partial charge < -0.3 is 14.3 Å². The number of hydrogen-bond acceptors (Lipinski definition) is 3. The summed E-state index contributed by atoms with van der Waals surface area (Å²) in [4.78, 5) is 16.9. The van der Waals surface area contributed by atoms with E-state index in [0.29, 0.717) is 28.8 Å². The Morgan fingerprint density at radius 1 is 1.10 bits per heavy atom. The van der Waals surface area contributed by atoms with Crippen molar-refractivity contribution in [1.82, 2.24) is 19.3 Å². The maximum Gasteiger partial charge on any atom is 0.261 e. The molecule has 3 aromatic heterocycles. The van der Waals surface area contributed by atoms with Gasteiger partial charge in [0.05, 0.1) is 17.1 Å². The molecular formula is C21H17F3N4O. The Kier molecular flexibility index (Phi) is 3.99. The van der Waals surface area contributed by atoms with E-state index in [-0.39, 0.29) is 17.6 Å². The molecule has 0 bridgehead atoms. The number of nitrogens with one attached hydrogen (secondary N) is 1. The van der Waals surface area contributed by atoms with Crippen molar-refractivity contribution in [1.29, 1.82) is 0 Å². The molecule has 8 heteroatoms. The van der Waals surface area contributed by atoms with Crippen LogP contribution < -0.4 is 10.9 Å². The van der Waals surface area contributed by atoms with E-state index < -0.39 is 29.4 Å². The SMILES string of the molecule is Cc1cn2cc(-c3cc(F)c4c(=O)n(C5CNCC5F)ccc4c3)cc(F)c2n1. The van der Waals surface area contributed by atoms with Crippen LogP contribution in [-0.4, -0.2) is 33.2 Å². The minimum absolute atomic E-state index is 0.102. The summed E-state index contributed by atoms with van der Waals surface area (Å²) in [6, 6.07) is 5.06. The average Bonchev–Trinajstić information content (AvgIpc) is 3.26. The molecule has 0 spiro atoms. The van der Waals surface area contributed by atoms with Gasteiger partial charge in [0.2, 0.25) is 0 Å². The fraction of sp³-hybridized carbons (Fsp3) is 0.238. The van der Waals surface area contributed by atoms with Crippen molar-refractivity contribution in [3.63, 3.8) is 0 Å². The number of aromatic nitrogens is 3. The van der Waals surface area contributed by atoms with E-state index in [2.05, 4.69) is 10.3 Å². The third-order valence-electron chi connectivity index (χ3n) is 5.41. The van der Waals surface area contributed by atoms with Crippen molar-refractivity contribution >= 4 is 16.4 Å². The maximum absolute atomic E-state index is 14.9. The number of benzene rings is 1. The first-order valence-electron chi connectivity index (χ1n) is 9.27. The fourth-order valence-electron chi connectivity index (χ4n) is 4.01. The van der Waals surface area contributed by atoms with Crippen LogP contribution in [0.2, 0.25) is 0 Å². The Bertz CT molecular complexity index is 1330. The highest BCUT2D eigenvalue weighted by atomic mass is 19.1. The predicted octanol–water partition coefficient (Wildman–Crippen LogP) is 3.39. The van der Waals surface area contributed by atoms with Crippen LogP contribution in [0.1, 0.15) is 11.7 Å². The van der Waals surface area contributed by atoms with E-state index in [0.717, 1.165) is 0 Å². The largest absolute Gasteiger partial charge is 0.312 e. The molecule has 4 heterocycles. The molecule has 1 N–H and O–H groups in total. The molecule has 2 atom stereocenters. The summed E-state index contributed by atoms with van der Waals surface area (Å²) < 4.78 is 46.2. The first-order chi connectivity index (χ1) is 13.9. The average molecular weight is 398 g/mol. The minimum atomic E-state index is -1.21. The topological polar surface area (TPSA) is 51.3 Å². The second-order valence-electron chi connectivity index (χ2n) is 7.38. The zero-order valence-electron chi connectivity index (χ0n) is 15.5. The van der Waals surface area contributed by atoms with Crippen LogP contribution >= 0.6 is 0 Å². The predicted molar refractivity (Wildman–Crippen MR) is 104 cm³/mol. The van der Waals surface area contributed by atoms with Crippen LogP contribution in [0.4, 0.5) is 13.2 Å². The zero-order chi connectivity index (χ0) is 20.3. The number of rotatable bonds is 2. The molecule has 4 aromatic rings. The van der Waals surface area contributed by atoms with Crippen LogP contribution in [0.5, 0.6) is 0 Å². The van der Waals surface area contributed by atoms with E-state index in [9.17, 15) is 18.0 Å². The first kappa shape index (κ1) is 17.9. The number of fused-ring (bicyclic) bond motifs is 2. The summed E-state index contributed by atoms with van der Waals surface area (Å²) in [5.74, 6) is -1.24. The molecule has 1 fully saturated rings. The minimum Gasteiger partial charge on any atom is -0.312 e. The summed E-state index contributed by atoms with van der Waals surface area (Å²) in [6.45, 7) is 2.24. The second kappa shape index (κ2) is 6.45. The molecule has 0 amide bonds. The van der Waals surface area contributed by atoms with Crippen molar-refractivity contribution in [3.05, 3.63) is 70.5 Å².